The molecule has 0 radical (unpaired) electrons. The number of rotatable bonds is 4. The SMILES string of the molecule is CC(C)CNCc1nnc2n1CCC(C)C2. The molecule has 2 heterocycles. The first-order chi connectivity index (χ1) is 7.66. The molecule has 0 amide bonds. The van der Waals surface area contributed by atoms with Crippen molar-refractivity contribution in [1.29, 1.82) is 0 Å². The molecule has 90 valence electrons. The fraction of sp³-hybridized carbons (Fsp3) is 0.833. The lowest BCUT2D eigenvalue weighted by atomic mass is 10.0. The van der Waals surface area contributed by atoms with E-state index in [1.165, 1.54) is 12.2 Å². The van der Waals surface area contributed by atoms with E-state index in [-0.39, 0.29) is 0 Å². The van der Waals surface area contributed by atoms with Crippen molar-refractivity contribution >= 4 is 0 Å². The van der Waals surface area contributed by atoms with Crippen LogP contribution in [0, 0.1) is 11.8 Å². The maximum absolute atomic E-state index is 4.28. The zero-order valence-electron chi connectivity index (χ0n) is 10.5. The Kier molecular flexibility index (Phi) is 3.59. The molecule has 4 nitrogen and oxygen atoms in total. The molecule has 0 saturated heterocycles. The summed E-state index contributed by atoms with van der Waals surface area (Å²) in [7, 11) is 0. The largest absolute Gasteiger partial charge is 0.314 e. The highest BCUT2D eigenvalue weighted by Gasteiger charge is 2.19. The lowest BCUT2D eigenvalue weighted by Crippen LogP contribution is -2.24. The van der Waals surface area contributed by atoms with E-state index in [1.807, 2.05) is 0 Å². The average molecular weight is 222 g/mol. The van der Waals surface area contributed by atoms with E-state index in [4.69, 9.17) is 0 Å². The normalized spacial score (nSPS) is 20.1. The Labute approximate surface area is 97.5 Å². The van der Waals surface area contributed by atoms with Gasteiger partial charge in [0.2, 0.25) is 0 Å². The number of nitrogens with zero attached hydrogens (tertiary/aromatic N) is 3. The highest BCUT2D eigenvalue weighted by Crippen LogP contribution is 2.19. The van der Waals surface area contributed by atoms with Gasteiger partial charge in [0.05, 0.1) is 6.54 Å². The molecule has 1 aliphatic rings. The lowest BCUT2D eigenvalue weighted by molar-refractivity contribution is 0.398. The molecule has 0 aromatic carbocycles. The fourth-order valence-corrected chi connectivity index (χ4v) is 2.15. The summed E-state index contributed by atoms with van der Waals surface area (Å²) >= 11 is 0. The van der Waals surface area contributed by atoms with Gasteiger partial charge in [-0.05, 0) is 24.8 Å². The molecule has 1 unspecified atom stereocenters. The Bertz CT molecular complexity index is 343. The standard InChI is InChI=1S/C12H22N4/c1-9(2)7-13-8-12-15-14-11-6-10(3)4-5-16(11)12/h9-10,13H,4-8H2,1-3H3. The van der Waals surface area contributed by atoms with E-state index >= 15 is 0 Å². The van der Waals surface area contributed by atoms with Gasteiger partial charge >= 0.3 is 0 Å². The molecule has 1 aliphatic heterocycles. The summed E-state index contributed by atoms with van der Waals surface area (Å²) < 4.78 is 2.29. The maximum Gasteiger partial charge on any atom is 0.147 e. The molecule has 0 spiro atoms. The third kappa shape index (κ3) is 2.61. The average Bonchev–Trinajstić information content (AvgIpc) is 2.60. The molecule has 1 N–H and O–H groups in total. The minimum absolute atomic E-state index is 0.684. The summed E-state index contributed by atoms with van der Waals surface area (Å²) in [5.74, 6) is 3.71. The van der Waals surface area contributed by atoms with Gasteiger partial charge in [0.1, 0.15) is 11.6 Å². The summed E-state index contributed by atoms with van der Waals surface area (Å²) in [6.07, 6.45) is 2.33. The Morgan fingerprint density at radius 3 is 3.00 bits per heavy atom. The number of aromatic nitrogens is 3. The van der Waals surface area contributed by atoms with Crippen LogP contribution in [0.4, 0.5) is 0 Å². The molecule has 1 atom stereocenters. The molecular formula is C12H22N4. The Morgan fingerprint density at radius 1 is 1.44 bits per heavy atom. The third-order valence-electron chi connectivity index (χ3n) is 3.12. The van der Waals surface area contributed by atoms with Crippen LogP contribution in [0.15, 0.2) is 0 Å². The Balaban J connectivity index is 1.95. The molecule has 0 aliphatic carbocycles. The minimum atomic E-state index is 0.684. The minimum Gasteiger partial charge on any atom is -0.314 e. The molecule has 4 heteroatoms. The van der Waals surface area contributed by atoms with Crippen LogP contribution in [-0.2, 0) is 19.5 Å². The van der Waals surface area contributed by atoms with Crippen LogP contribution in [0.25, 0.3) is 0 Å². The van der Waals surface area contributed by atoms with Crippen LogP contribution in [0.5, 0.6) is 0 Å². The number of hydrogen-bond donors (Lipinski definition) is 1. The van der Waals surface area contributed by atoms with Gasteiger partial charge < -0.3 is 9.88 Å². The molecule has 2 rings (SSSR count). The molecular weight excluding hydrogens is 200 g/mol. The first kappa shape index (κ1) is 11.6. The first-order valence-electron chi connectivity index (χ1n) is 6.28. The highest BCUT2D eigenvalue weighted by molar-refractivity contribution is 4.99. The van der Waals surface area contributed by atoms with Crippen LogP contribution in [0.2, 0.25) is 0 Å². The van der Waals surface area contributed by atoms with Gasteiger partial charge in [0, 0.05) is 13.0 Å². The number of fused-ring (bicyclic) bond motifs is 1. The second-order valence-electron chi connectivity index (χ2n) is 5.31. The predicted octanol–water partition coefficient (Wildman–Crippen LogP) is 1.61. The van der Waals surface area contributed by atoms with Crippen LogP contribution in [0.1, 0.15) is 38.8 Å². The second kappa shape index (κ2) is 4.95. The monoisotopic (exact) mass is 222 g/mol. The van der Waals surface area contributed by atoms with E-state index in [2.05, 4.69) is 40.9 Å². The summed E-state index contributed by atoms with van der Waals surface area (Å²) in [6, 6.07) is 0. The van der Waals surface area contributed by atoms with Crippen molar-refractivity contribution in [3.63, 3.8) is 0 Å². The topological polar surface area (TPSA) is 42.7 Å². The van der Waals surface area contributed by atoms with Gasteiger partial charge in [-0.3, -0.25) is 0 Å². The highest BCUT2D eigenvalue weighted by atomic mass is 15.3. The van der Waals surface area contributed by atoms with Crippen molar-refractivity contribution in [2.24, 2.45) is 11.8 Å². The maximum atomic E-state index is 4.28. The van der Waals surface area contributed by atoms with Crippen LogP contribution in [0.3, 0.4) is 0 Å². The van der Waals surface area contributed by atoms with Crippen molar-refractivity contribution in [3.8, 4) is 0 Å². The van der Waals surface area contributed by atoms with Crippen LogP contribution < -0.4 is 5.32 Å². The van der Waals surface area contributed by atoms with Gasteiger partial charge in [-0.25, -0.2) is 0 Å². The summed E-state index contributed by atoms with van der Waals surface area (Å²) in [5.41, 5.74) is 0. The van der Waals surface area contributed by atoms with Crippen molar-refractivity contribution in [2.75, 3.05) is 6.54 Å². The molecule has 16 heavy (non-hydrogen) atoms. The molecule has 1 aromatic rings. The third-order valence-corrected chi connectivity index (χ3v) is 3.12. The van der Waals surface area contributed by atoms with Crippen molar-refractivity contribution < 1.29 is 0 Å². The molecule has 0 saturated carbocycles. The predicted molar refractivity (Wildman–Crippen MR) is 64.1 cm³/mol. The van der Waals surface area contributed by atoms with Crippen molar-refractivity contribution in [2.45, 2.75) is 46.7 Å². The van der Waals surface area contributed by atoms with Crippen molar-refractivity contribution in [1.82, 2.24) is 20.1 Å². The van der Waals surface area contributed by atoms with E-state index in [1.54, 1.807) is 0 Å². The van der Waals surface area contributed by atoms with Gasteiger partial charge in [0.15, 0.2) is 0 Å². The lowest BCUT2D eigenvalue weighted by Gasteiger charge is -2.20. The summed E-state index contributed by atoms with van der Waals surface area (Å²) in [6.45, 7) is 9.69. The van der Waals surface area contributed by atoms with Gasteiger partial charge in [-0.1, -0.05) is 20.8 Å². The van der Waals surface area contributed by atoms with Crippen LogP contribution in [-0.4, -0.2) is 21.3 Å². The van der Waals surface area contributed by atoms with Gasteiger partial charge in [-0.2, -0.15) is 0 Å². The molecule has 0 bridgehead atoms. The van der Waals surface area contributed by atoms with E-state index in [0.29, 0.717) is 5.92 Å². The fourth-order valence-electron chi connectivity index (χ4n) is 2.15. The second-order valence-corrected chi connectivity index (χ2v) is 5.31. The van der Waals surface area contributed by atoms with Crippen LogP contribution >= 0.6 is 0 Å². The van der Waals surface area contributed by atoms with E-state index in [0.717, 1.165) is 37.8 Å². The van der Waals surface area contributed by atoms with Gasteiger partial charge in [-0.15, -0.1) is 10.2 Å². The van der Waals surface area contributed by atoms with Crippen molar-refractivity contribution in [3.05, 3.63) is 11.6 Å². The van der Waals surface area contributed by atoms with E-state index < -0.39 is 0 Å². The summed E-state index contributed by atoms with van der Waals surface area (Å²) in [5, 5.41) is 12.0. The van der Waals surface area contributed by atoms with E-state index in [9.17, 15) is 0 Å². The number of nitrogens with one attached hydrogen (secondary N) is 1. The Morgan fingerprint density at radius 2 is 2.25 bits per heavy atom. The zero-order chi connectivity index (χ0) is 11.5. The quantitative estimate of drug-likeness (QED) is 0.841. The number of hydrogen-bond acceptors (Lipinski definition) is 3. The molecule has 1 aromatic heterocycles. The first-order valence-corrected chi connectivity index (χ1v) is 6.28. The molecule has 0 fully saturated rings. The summed E-state index contributed by atoms with van der Waals surface area (Å²) in [4.78, 5) is 0. The van der Waals surface area contributed by atoms with Gasteiger partial charge in [0.25, 0.3) is 0 Å². The smallest absolute Gasteiger partial charge is 0.147 e. The zero-order valence-corrected chi connectivity index (χ0v) is 10.5. The Hall–Kier alpha value is -0.900.